The molecule has 3 rings (SSSR count). The number of hydrogen-bond acceptors (Lipinski definition) is 6. The normalized spacial score (nSPS) is 10.8. The number of hydrazine groups is 1. The Balaban J connectivity index is 2.06. The minimum Gasteiger partial charge on any atom is -0.340 e. The van der Waals surface area contributed by atoms with Crippen LogP contribution in [0.25, 0.3) is 10.2 Å². The molecule has 3 aromatic rings. The van der Waals surface area contributed by atoms with Crippen LogP contribution in [0.15, 0.2) is 34.8 Å². The smallest absolute Gasteiger partial charge is 0.240 e. The SMILES string of the molecule is CCc1cc2c(Nc3ccc(Br)cc3)nc(NN)nc2s1. The minimum atomic E-state index is 0.409. The third-order valence-corrected chi connectivity index (χ3v) is 4.73. The van der Waals surface area contributed by atoms with E-state index in [4.69, 9.17) is 5.84 Å². The Hall–Kier alpha value is -1.70. The molecular weight excluding hydrogens is 350 g/mol. The van der Waals surface area contributed by atoms with Crippen LogP contribution in [0.3, 0.4) is 0 Å². The molecule has 0 saturated heterocycles. The molecule has 2 aromatic heterocycles. The molecule has 0 bridgehead atoms. The summed E-state index contributed by atoms with van der Waals surface area (Å²) in [5.41, 5.74) is 3.48. The molecule has 1 aromatic carbocycles. The standard InChI is InChI=1S/C14H14BrN5S/c1-2-10-7-11-12(17-9-5-3-8(15)4-6-9)18-14(20-16)19-13(11)21-10/h3-7H,2,16H2,1H3,(H2,17,18,19,20). The van der Waals surface area contributed by atoms with E-state index in [0.29, 0.717) is 5.95 Å². The number of nitrogens with zero attached hydrogens (tertiary/aromatic N) is 2. The van der Waals surface area contributed by atoms with E-state index >= 15 is 0 Å². The summed E-state index contributed by atoms with van der Waals surface area (Å²) in [5.74, 6) is 6.62. The molecule has 108 valence electrons. The summed E-state index contributed by atoms with van der Waals surface area (Å²) in [5, 5.41) is 4.34. The van der Waals surface area contributed by atoms with Crippen molar-refractivity contribution < 1.29 is 0 Å². The van der Waals surface area contributed by atoms with Gasteiger partial charge < -0.3 is 5.32 Å². The molecule has 0 spiro atoms. The first kappa shape index (κ1) is 14.2. The maximum atomic E-state index is 5.46. The quantitative estimate of drug-likeness (QED) is 0.481. The van der Waals surface area contributed by atoms with Crippen LogP contribution in [0.2, 0.25) is 0 Å². The summed E-state index contributed by atoms with van der Waals surface area (Å²) < 4.78 is 1.04. The maximum Gasteiger partial charge on any atom is 0.240 e. The van der Waals surface area contributed by atoms with Crippen LogP contribution in [-0.2, 0) is 6.42 Å². The van der Waals surface area contributed by atoms with E-state index in [9.17, 15) is 0 Å². The number of aromatic nitrogens is 2. The van der Waals surface area contributed by atoms with Crippen LogP contribution in [0.5, 0.6) is 0 Å². The van der Waals surface area contributed by atoms with Gasteiger partial charge in [0, 0.05) is 15.0 Å². The summed E-state index contributed by atoms with van der Waals surface area (Å²) in [7, 11) is 0. The van der Waals surface area contributed by atoms with Crippen molar-refractivity contribution in [1.82, 2.24) is 9.97 Å². The fourth-order valence-corrected chi connectivity index (χ4v) is 3.21. The molecule has 0 radical (unpaired) electrons. The van der Waals surface area contributed by atoms with E-state index in [1.165, 1.54) is 4.88 Å². The largest absolute Gasteiger partial charge is 0.340 e. The highest BCUT2D eigenvalue weighted by atomic mass is 79.9. The number of nitrogens with one attached hydrogen (secondary N) is 2. The molecule has 0 aliphatic carbocycles. The third-order valence-electron chi connectivity index (χ3n) is 3.03. The van der Waals surface area contributed by atoms with Crippen molar-refractivity contribution in [3.8, 4) is 0 Å². The molecule has 0 aliphatic heterocycles. The van der Waals surface area contributed by atoms with Crippen molar-refractivity contribution in [3.05, 3.63) is 39.7 Å². The van der Waals surface area contributed by atoms with Crippen LogP contribution < -0.4 is 16.6 Å². The van der Waals surface area contributed by atoms with Gasteiger partial charge in [-0.2, -0.15) is 4.98 Å². The van der Waals surface area contributed by atoms with Gasteiger partial charge in [0.1, 0.15) is 10.6 Å². The number of hydrogen-bond donors (Lipinski definition) is 3. The fourth-order valence-electron chi connectivity index (χ4n) is 1.98. The van der Waals surface area contributed by atoms with Crippen molar-refractivity contribution in [1.29, 1.82) is 0 Å². The Kier molecular flexibility index (Phi) is 4.05. The van der Waals surface area contributed by atoms with Crippen LogP contribution in [0.1, 0.15) is 11.8 Å². The molecule has 0 atom stereocenters. The Morgan fingerprint density at radius 3 is 2.67 bits per heavy atom. The monoisotopic (exact) mass is 363 g/mol. The van der Waals surface area contributed by atoms with Crippen molar-refractivity contribution >= 4 is 54.9 Å². The number of anilines is 3. The molecule has 0 unspecified atom stereocenters. The van der Waals surface area contributed by atoms with Gasteiger partial charge in [0.2, 0.25) is 5.95 Å². The molecule has 4 N–H and O–H groups in total. The van der Waals surface area contributed by atoms with Gasteiger partial charge in [0.25, 0.3) is 0 Å². The first-order chi connectivity index (χ1) is 10.2. The summed E-state index contributed by atoms with van der Waals surface area (Å²) in [6.07, 6.45) is 0.976. The zero-order valence-corrected chi connectivity index (χ0v) is 13.8. The molecule has 0 amide bonds. The highest BCUT2D eigenvalue weighted by molar-refractivity contribution is 9.10. The zero-order chi connectivity index (χ0) is 14.8. The molecule has 0 saturated carbocycles. The number of nitrogen functional groups attached to an aromatic ring is 1. The molecule has 21 heavy (non-hydrogen) atoms. The molecule has 0 fully saturated rings. The van der Waals surface area contributed by atoms with Crippen LogP contribution >= 0.6 is 27.3 Å². The molecule has 7 heteroatoms. The Bertz CT molecular complexity index is 769. The number of fused-ring (bicyclic) bond motifs is 1. The van der Waals surface area contributed by atoms with Crippen molar-refractivity contribution in [3.63, 3.8) is 0 Å². The predicted molar refractivity (Wildman–Crippen MR) is 92.0 cm³/mol. The molecule has 0 aliphatic rings. The number of aryl methyl sites for hydroxylation is 1. The topological polar surface area (TPSA) is 75.9 Å². The van der Waals surface area contributed by atoms with E-state index in [0.717, 1.165) is 32.6 Å². The van der Waals surface area contributed by atoms with Gasteiger partial charge in [-0.15, -0.1) is 11.3 Å². The van der Waals surface area contributed by atoms with Crippen molar-refractivity contribution in [2.75, 3.05) is 10.7 Å². The number of benzene rings is 1. The van der Waals surface area contributed by atoms with E-state index in [-0.39, 0.29) is 0 Å². The van der Waals surface area contributed by atoms with Gasteiger partial charge in [0.15, 0.2) is 0 Å². The Morgan fingerprint density at radius 1 is 1.24 bits per heavy atom. The lowest BCUT2D eigenvalue weighted by Crippen LogP contribution is -2.11. The van der Waals surface area contributed by atoms with Gasteiger partial charge in [-0.05, 0) is 36.8 Å². The predicted octanol–water partition coefficient (Wildman–Crippen LogP) is 4.05. The van der Waals surface area contributed by atoms with Crippen molar-refractivity contribution in [2.45, 2.75) is 13.3 Å². The molecule has 2 heterocycles. The highest BCUT2D eigenvalue weighted by Gasteiger charge is 2.11. The van der Waals surface area contributed by atoms with Gasteiger partial charge in [-0.3, -0.25) is 5.43 Å². The second kappa shape index (κ2) is 5.97. The lowest BCUT2D eigenvalue weighted by atomic mass is 10.3. The average molecular weight is 364 g/mol. The van der Waals surface area contributed by atoms with Gasteiger partial charge >= 0.3 is 0 Å². The van der Waals surface area contributed by atoms with Crippen molar-refractivity contribution in [2.24, 2.45) is 5.84 Å². The second-order valence-electron chi connectivity index (χ2n) is 4.46. The highest BCUT2D eigenvalue weighted by Crippen LogP contribution is 2.32. The summed E-state index contributed by atoms with van der Waals surface area (Å²) in [6, 6.07) is 10.1. The third kappa shape index (κ3) is 2.99. The minimum absolute atomic E-state index is 0.409. The number of rotatable bonds is 4. The fraction of sp³-hybridized carbons (Fsp3) is 0.143. The summed E-state index contributed by atoms with van der Waals surface area (Å²) in [6.45, 7) is 2.13. The number of halogens is 1. The van der Waals surface area contributed by atoms with Gasteiger partial charge in [-0.1, -0.05) is 22.9 Å². The first-order valence-corrected chi connectivity index (χ1v) is 8.10. The van der Waals surface area contributed by atoms with Crippen LogP contribution in [0, 0.1) is 0 Å². The first-order valence-electron chi connectivity index (χ1n) is 6.49. The lowest BCUT2D eigenvalue weighted by molar-refractivity contribution is 1.16. The number of nitrogens with two attached hydrogens (primary N) is 1. The average Bonchev–Trinajstić information content (AvgIpc) is 2.92. The lowest BCUT2D eigenvalue weighted by Gasteiger charge is -2.08. The molecule has 5 nitrogen and oxygen atoms in total. The van der Waals surface area contributed by atoms with E-state index in [1.54, 1.807) is 11.3 Å². The van der Waals surface area contributed by atoms with E-state index in [1.807, 2.05) is 24.3 Å². The van der Waals surface area contributed by atoms with Crippen LogP contribution in [-0.4, -0.2) is 9.97 Å². The number of thiophene rings is 1. The van der Waals surface area contributed by atoms with Gasteiger partial charge in [0.05, 0.1) is 5.39 Å². The zero-order valence-electron chi connectivity index (χ0n) is 11.4. The Morgan fingerprint density at radius 2 is 2.00 bits per heavy atom. The van der Waals surface area contributed by atoms with E-state index in [2.05, 4.69) is 49.6 Å². The van der Waals surface area contributed by atoms with Gasteiger partial charge in [-0.25, -0.2) is 10.8 Å². The van der Waals surface area contributed by atoms with Crippen LogP contribution in [0.4, 0.5) is 17.5 Å². The second-order valence-corrected chi connectivity index (χ2v) is 6.49. The van der Waals surface area contributed by atoms with E-state index < -0.39 is 0 Å². The Labute approximate surface area is 134 Å². The summed E-state index contributed by atoms with van der Waals surface area (Å²) in [4.78, 5) is 11.0. The maximum absolute atomic E-state index is 5.46. The summed E-state index contributed by atoms with van der Waals surface area (Å²) >= 11 is 5.09. The molecular formula is C14H14BrN5S.